The number of esters is 1. The zero-order valence-corrected chi connectivity index (χ0v) is 18.8. The Morgan fingerprint density at radius 2 is 1.53 bits per heavy atom. The van der Waals surface area contributed by atoms with Crippen LogP contribution in [-0.2, 0) is 9.53 Å². The molecule has 4 rings (SSSR count). The number of hydrogen-bond acceptors (Lipinski definition) is 6. The molecular weight excluding hydrogens is 436 g/mol. The number of nitrogens with zero attached hydrogens (tertiary/aromatic N) is 1. The van der Waals surface area contributed by atoms with Gasteiger partial charge in [0.15, 0.2) is 17.6 Å². The lowest BCUT2D eigenvalue weighted by Crippen LogP contribution is -2.32. The van der Waals surface area contributed by atoms with Crippen LogP contribution in [0.25, 0.3) is 0 Å². The largest absolute Gasteiger partial charge is 0.486 e. The monoisotopic (exact) mass is 460 g/mol. The van der Waals surface area contributed by atoms with E-state index in [0.717, 1.165) is 0 Å². The summed E-state index contributed by atoms with van der Waals surface area (Å²) in [4.78, 5) is 40.0. The van der Waals surface area contributed by atoms with Gasteiger partial charge < -0.3 is 24.4 Å². The molecule has 0 aromatic heterocycles. The van der Waals surface area contributed by atoms with Crippen LogP contribution in [0.5, 0.6) is 11.5 Å². The van der Waals surface area contributed by atoms with E-state index in [-0.39, 0.29) is 17.0 Å². The Labute approximate surface area is 197 Å². The summed E-state index contributed by atoms with van der Waals surface area (Å²) in [6.07, 6.45) is -1.10. The van der Waals surface area contributed by atoms with E-state index in [1.165, 1.54) is 17.9 Å². The number of carbonyl (C=O) groups excluding carboxylic acids is 3. The second kappa shape index (κ2) is 10.1. The summed E-state index contributed by atoms with van der Waals surface area (Å²) in [5.41, 5.74) is 1.42. The van der Waals surface area contributed by atoms with Crippen LogP contribution in [0.3, 0.4) is 0 Å². The van der Waals surface area contributed by atoms with Gasteiger partial charge in [0, 0.05) is 24.5 Å². The summed E-state index contributed by atoms with van der Waals surface area (Å²) in [6, 6.07) is 20.5. The SMILES string of the molecule is CC(OC(=O)c1ccccc1C(=O)N(C)c1ccccc1)C(=O)Nc1ccc2c(c1)OCCO2. The number of nitrogens with one attached hydrogen (secondary N) is 1. The molecule has 0 fully saturated rings. The van der Waals surface area contributed by atoms with Gasteiger partial charge in [0.05, 0.1) is 11.1 Å². The van der Waals surface area contributed by atoms with Gasteiger partial charge >= 0.3 is 5.97 Å². The van der Waals surface area contributed by atoms with Crippen molar-refractivity contribution >= 4 is 29.2 Å². The lowest BCUT2D eigenvalue weighted by molar-refractivity contribution is -0.123. The molecule has 1 unspecified atom stereocenters. The van der Waals surface area contributed by atoms with Crippen LogP contribution in [0.4, 0.5) is 11.4 Å². The number of benzene rings is 3. The average molecular weight is 460 g/mol. The van der Waals surface area contributed by atoms with E-state index in [9.17, 15) is 14.4 Å². The van der Waals surface area contributed by atoms with Gasteiger partial charge in [0.25, 0.3) is 11.8 Å². The third kappa shape index (κ3) is 5.01. The van der Waals surface area contributed by atoms with Crippen LogP contribution >= 0.6 is 0 Å². The Bertz CT molecular complexity index is 1210. The van der Waals surface area contributed by atoms with Crippen molar-refractivity contribution in [1.29, 1.82) is 0 Å². The minimum atomic E-state index is -1.10. The van der Waals surface area contributed by atoms with Gasteiger partial charge in [-0.15, -0.1) is 0 Å². The lowest BCUT2D eigenvalue weighted by atomic mass is 10.1. The van der Waals surface area contributed by atoms with Crippen LogP contribution in [0, 0.1) is 0 Å². The van der Waals surface area contributed by atoms with Crippen LogP contribution in [0.2, 0.25) is 0 Å². The Kier molecular flexibility index (Phi) is 6.77. The van der Waals surface area contributed by atoms with Gasteiger partial charge in [0.1, 0.15) is 13.2 Å². The molecule has 1 aliphatic rings. The highest BCUT2D eigenvalue weighted by atomic mass is 16.6. The quantitative estimate of drug-likeness (QED) is 0.561. The van der Waals surface area contributed by atoms with Crippen molar-refractivity contribution in [1.82, 2.24) is 0 Å². The maximum atomic E-state index is 13.1. The fourth-order valence-electron chi connectivity index (χ4n) is 3.44. The third-order valence-electron chi connectivity index (χ3n) is 5.29. The first kappa shape index (κ1) is 22.8. The molecule has 3 aromatic carbocycles. The van der Waals surface area contributed by atoms with Crippen LogP contribution < -0.4 is 19.7 Å². The van der Waals surface area contributed by atoms with Gasteiger partial charge in [-0.2, -0.15) is 0 Å². The van der Waals surface area contributed by atoms with Crippen molar-refractivity contribution in [3.05, 3.63) is 83.9 Å². The maximum absolute atomic E-state index is 13.1. The normalized spacial score (nSPS) is 12.9. The van der Waals surface area contributed by atoms with Crippen molar-refractivity contribution in [2.45, 2.75) is 13.0 Å². The molecule has 3 aromatic rings. The first-order valence-electron chi connectivity index (χ1n) is 10.8. The standard InChI is InChI=1S/C26H24N2O6/c1-17(24(29)27-18-12-13-22-23(16-18)33-15-14-32-22)34-26(31)21-11-7-6-10-20(21)25(30)28(2)19-8-4-3-5-9-19/h3-13,16-17H,14-15H2,1-2H3,(H,27,29). The fraction of sp³-hybridized carbons (Fsp3) is 0.192. The predicted molar refractivity (Wildman–Crippen MR) is 127 cm³/mol. The van der Waals surface area contributed by atoms with Gasteiger partial charge in [-0.25, -0.2) is 4.79 Å². The molecule has 8 heteroatoms. The number of para-hydroxylation sites is 1. The Morgan fingerprint density at radius 3 is 2.26 bits per heavy atom. The van der Waals surface area contributed by atoms with Gasteiger partial charge in [-0.3, -0.25) is 9.59 Å². The number of anilines is 2. The molecule has 0 spiro atoms. The Balaban J connectivity index is 1.44. The average Bonchev–Trinajstić information content (AvgIpc) is 2.88. The van der Waals surface area contributed by atoms with Crippen LogP contribution in [0.1, 0.15) is 27.6 Å². The van der Waals surface area contributed by atoms with Crippen molar-refractivity contribution < 1.29 is 28.6 Å². The Hall–Kier alpha value is -4.33. The molecule has 2 amide bonds. The van der Waals surface area contributed by atoms with E-state index in [1.807, 2.05) is 18.2 Å². The molecule has 0 aliphatic carbocycles. The third-order valence-corrected chi connectivity index (χ3v) is 5.29. The molecule has 0 saturated carbocycles. The molecular formula is C26H24N2O6. The summed E-state index contributed by atoms with van der Waals surface area (Å²) < 4.78 is 16.4. The fourth-order valence-corrected chi connectivity index (χ4v) is 3.44. The molecule has 1 aliphatic heterocycles. The first-order valence-corrected chi connectivity index (χ1v) is 10.8. The molecule has 174 valence electrons. The highest BCUT2D eigenvalue weighted by Crippen LogP contribution is 2.32. The van der Waals surface area contributed by atoms with Gasteiger partial charge in [0.2, 0.25) is 0 Å². The number of carbonyl (C=O) groups is 3. The highest BCUT2D eigenvalue weighted by Gasteiger charge is 2.25. The van der Waals surface area contributed by atoms with Crippen molar-refractivity contribution in [2.75, 3.05) is 30.5 Å². The van der Waals surface area contributed by atoms with Crippen LogP contribution in [-0.4, -0.2) is 44.1 Å². The number of ether oxygens (including phenoxy) is 3. The summed E-state index contributed by atoms with van der Waals surface area (Å²) in [6.45, 7) is 2.36. The van der Waals surface area contributed by atoms with Gasteiger partial charge in [-0.05, 0) is 43.3 Å². The zero-order valence-electron chi connectivity index (χ0n) is 18.8. The highest BCUT2D eigenvalue weighted by molar-refractivity contribution is 6.12. The molecule has 0 saturated heterocycles. The summed E-state index contributed by atoms with van der Waals surface area (Å²) in [5.74, 6) is -0.522. The van der Waals surface area contributed by atoms with E-state index < -0.39 is 18.0 Å². The minimum absolute atomic E-state index is 0.0780. The van der Waals surface area contributed by atoms with E-state index in [2.05, 4.69) is 5.32 Å². The lowest BCUT2D eigenvalue weighted by Gasteiger charge is -2.20. The van der Waals surface area contributed by atoms with Gasteiger partial charge in [-0.1, -0.05) is 30.3 Å². The summed E-state index contributed by atoms with van der Waals surface area (Å²) in [5, 5.41) is 2.70. The second-order valence-corrected chi connectivity index (χ2v) is 7.64. The molecule has 8 nitrogen and oxygen atoms in total. The molecule has 1 N–H and O–H groups in total. The van der Waals surface area contributed by atoms with E-state index in [4.69, 9.17) is 14.2 Å². The molecule has 1 heterocycles. The summed E-state index contributed by atoms with van der Waals surface area (Å²) in [7, 11) is 1.63. The van der Waals surface area contributed by atoms with E-state index in [0.29, 0.717) is 36.1 Å². The minimum Gasteiger partial charge on any atom is -0.486 e. The van der Waals surface area contributed by atoms with Crippen molar-refractivity contribution in [2.24, 2.45) is 0 Å². The first-order chi connectivity index (χ1) is 16.4. The van der Waals surface area contributed by atoms with Crippen molar-refractivity contribution in [3.63, 3.8) is 0 Å². The van der Waals surface area contributed by atoms with Crippen LogP contribution in [0.15, 0.2) is 72.8 Å². The molecule has 0 radical (unpaired) electrons. The molecule has 34 heavy (non-hydrogen) atoms. The molecule has 0 bridgehead atoms. The van der Waals surface area contributed by atoms with E-state index in [1.54, 1.807) is 55.6 Å². The number of rotatable bonds is 6. The predicted octanol–water partition coefficient (Wildman–Crippen LogP) is 3.92. The number of amides is 2. The Morgan fingerprint density at radius 1 is 0.882 bits per heavy atom. The molecule has 1 atom stereocenters. The number of fused-ring (bicyclic) bond motifs is 1. The zero-order chi connectivity index (χ0) is 24.1. The second-order valence-electron chi connectivity index (χ2n) is 7.64. The van der Waals surface area contributed by atoms with E-state index >= 15 is 0 Å². The van der Waals surface area contributed by atoms with Crippen molar-refractivity contribution in [3.8, 4) is 11.5 Å². The summed E-state index contributed by atoms with van der Waals surface area (Å²) >= 11 is 0. The smallest absolute Gasteiger partial charge is 0.339 e. The maximum Gasteiger partial charge on any atom is 0.339 e. The number of hydrogen-bond donors (Lipinski definition) is 1. The topological polar surface area (TPSA) is 94.2 Å².